The van der Waals surface area contributed by atoms with E-state index in [0.29, 0.717) is 29.1 Å². The summed E-state index contributed by atoms with van der Waals surface area (Å²) in [6, 6.07) is 35.2. The maximum absolute atomic E-state index is 12.0. The normalized spacial score (nSPS) is 12.2. The molecule has 0 atom stereocenters. The molecule has 16 heteroatoms. The number of aryl methyl sites for hydroxylation is 2. The van der Waals surface area contributed by atoms with Gasteiger partial charge in [0.1, 0.15) is 16.3 Å². The van der Waals surface area contributed by atoms with Crippen molar-refractivity contribution >= 4 is 71.1 Å². The number of fused-ring (bicyclic) bond motifs is 1. The van der Waals surface area contributed by atoms with E-state index in [1.54, 1.807) is 36.4 Å². The summed E-state index contributed by atoms with van der Waals surface area (Å²) in [7, 11) is -9.77. The number of phenols is 1. The fourth-order valence-electron chi connectivity index (χ4n) is 4.83. The van der Waals surface area contributed by atoms with Gasteiger partial charge in [0.15, 0.2) is 5.96 Å². The highest BCUT2D eigenvalue weighted by molar-refractivity contribution is 7.86. The predicted molar refractivity (Wildman–Crippen MR) is 204 cm³/mol. The molecule has 53 heavy (non-hydrogen) atoms. The molecular formula is C37H33N7O7S2. The van der Waals surface area contributed by atoms with Crippen molar-refractivity contribution in [2.75, 3.05) is 5.32 Å². The molecule has 0 aliphatic carbocycles. The van der Waals surface area contributed by atoms with Crippen LogP contribution in [0.2, 0.25) is 0 Å². The Morgan fingerprint density at radius 2 is 1.17 bits per heavy atom. The zero-order valence-corrected chi connectivity index (χ0v) is 29.9. The van der Waals surface area contributed by atoms with E-state index in [2.05, 4.69) is 30.8 Å². The van der Waals surface area contributed by atoms with E-state index in [1.807, 2.05) is 80.6 Å². The lowest BCUT2D eigenvalue weighted by atomic mass is 10.1. The number of azo groups is 2. The summed E-state index contributed by atoms with van der Waals surface area (Å²) in [6.45, 7) is 4.04. The topological polar surface area (TPSA) is 229 Å². The number of rotatable bonds is 8. The van der Waals surface area contributed by atoms with Crippen LogP contribution in [0, 0.1) is 13.8 Å². The van der Waals surface area contributed by atoms with Crippen LogP contribution in [0.3, 0.4) is 0 Å². The van der Waals surface area contributed by atoms with Crippen LogP contribution in [0.4, 0.5) is 34.1 Å². The van der Waals surface area contributed by atoms with E-state index in [1.165, 1.54) is 6.07 Å². The van der Waals surface area contributed by atoms with Crippen LogP contribution >= 0.6 is 0 Å². The average Bonchev–Trinajstić information content (AvgIpc) is 3.12. The summed E-state index contributed by atoms with van der Waals surface area (Å²) in [6.07, 6.45) is 0. The minimum absolute atomic E-state index is 0.0313. The van der Waals surface area contributed by atoms with Gasteiger partial charge in [-0.2, -0.15) is 32.2 Å². The highest BCUT2D eigenvalue weighted by atomic mass is 32.2. The quantitative estimate of drug-likeness (QED) is 0.0431. The van der Waals surface area contributed by atoms with Gasteiger partial charge in [-0.3, -0.25) is 9.11 Å². The van der Waals surface area contributed by atoms with Gasteiger partial charge in [-0.25, -0.2) is 4.99 Å². The number of guanidine groups is 1. The largest absolute Gasteiger partial charge is 0.506 e. The number of anilines is 1. The van der Waals surface area contributed by atoms with Gasteiger partial charge in [-0.05, 0) is 97.1 Å². The summed E-state index contributed by atoms with van der Waals surface area (Å²) in [5.74, 6) is -0.0716. The first-order valence-corrected chi connectivity index (χ1v) is 18.5. The zero-order valence-electron chi connectivity index (χ0n) is 28.2. The molecule has 0 heterocycles. The Morgan fingerprint density at radius 3 is 1.75 bits per heavy atom. The fraction of sp³-hybridized carbons (Fsp3) is 0.0541. The number of aliphatic imine (C=N–C) groups is 1. The third-order valence-corrected chi connectivity index (χ3v) is 9.21. The van der Waals surface area contributed by atoms with Crippen molar-refractivity contribution in [1.29, 1.82) is 0 Å². The van der Waals surface area contributed by atoms with Gasteiger partial charge < -0.3 is 16.2 Å². The molecule has 6 N–H and O–H groups in total. The highest BCUT2D eigenvalue weighted by Crippen LogP contribution is 2.41. The first kappa shape index (κ1) is 37.9. The number of aromatic hydroxyl groups is 1. The van der Waals surface area contributed by atoms with E-state index >= 15 is 0 Å². The van der Waals surface area contributed by atoms with Crippen LogP contribution in [-0.2, 0) is 20.2 Å². The zero-order chi connectivity index (χ0) is 38.2. The molecule has 0 aliphatic rings. The molecule has 0 bridgehead atoms. The molecule has 0 amide bonds. The molecule has 0 aliphatic heterocycles. The van der Waals surface area contributed by atoms with Gasteiger partial charge >= 0.3 is 0 Å². The number of para-hydroxylation sites is 2. The van der Waals surface area contributed by atoms with Crippen molar-refractivity contribution < 1.29 is 31.0 Å². The second-order valence-electron chi connectivity index (χ2n) is 11.4. The monoisotopic (exact) mass is 751 g/mol. The number of nitrogens with two attached hydrogens (primary N) is 1. The third kappa shape index (κ3) is 10.1. The summed E-state index contributed by atoms with van der Waals surface area (Å²) < 4.78 is 66.0. The smallest absolute Gasteiger partial charge is 0.295 e. The molecule has 6 rings (SSSR count). The SMILES string of the molecule is Cc1ccccc1N=C(N)Nc1ccccc1C.O=S(=O)(O)c1cc(S(=O)(=O)O)c2c(N=Nc3ccc(N=Nc4ccccc4)cc3)c(O)ccc2c1. The second-order valence-corrected chi connectivity index (χ2v) is 14.2. The van der Waals surface area contributed by atoms with Gasteiger partial charge in [0.05, 0.1) is 27.6 Å². The lowest BCUT2D eigenvalue weighted by Gasteiger charge is -2.10. The van der Waals surface area contributed by atoms with Crippen LogP contribution in [-0.4, -0.2) is 37.0 Å². The first-order chi connectivity index (χ1) is 25.2. The molecule has 6 aromatic carbocycles. The Morgan fingerprint density at radius 1 is 0.623 bits per heavy atom. The molecule has 0 aromatic heterocycles. The fourth-order valence-corrected chi connectivity index (χ4v) is 6.19. The van der Waals surface area contributed by atoms with E-state index < -0.39 is 35.8 Å². The van der Waals surface area contributed by atoms with E-state index in [4.69, 9.17) is 5.73 Å². The van der Waals surface area contributed by atoms with Crippen LogP contribution < -0.4 is 11.1 Å². The molecular weight excluding hydrogens is 719 g/mol. The van der Waals surface area contributed by atoms with E-state index in [-0.39, 0.29) is 16.5 Å². The Bertz CT molecular complexity index is 2580. The van der Waals surface area contributed by atoms with E-state index in [0.717, 1.165) is 34.6 Å². The molecule has 0 saturated carbocycles. The Hall–Kier alpha value is -6.33. The summed E-state index contributed by atoms with van der Waals surface area (Å²) in [5.41, 5.74) is 11.2. The minimum atomic E-state index is -4.98. The van der Waals surface area contributed by atoms with Crippen LogP contribution in [0.15, 0.2) is 163 Å². The van der Waals surface area contributed by atoms with Gasteiger partial charge in [-0.15, -0.1) is 5.11 Å². The lowest BCUT2D eigenvalue weighted by molar-refractivity contribution is 0.477. The molecule has 0 radical (unpaired) electrons. The summed E-state index contributed by atoms with van der Waals surface area (Å²) in [5, 5.41) is 29.2. The molecule has 6 aromatic rings. The maximum Gasteiger partial charge on any atom is 0.295 e. The summed E-state index contributed by atoms with van der Waals surface area (Å²) in [4.78, 5) is 2.75. The second kappa shape index (κ2) is 16.3. The maximum atomic E-state index is 12.0. The number of hydrogen-bond acceptors (Lipinski definition) is 10. The van der Waals surface area contributed by atoms with Crippen molar-refractivity contribution in [1.82, 2.24) is 0 Å². The van der Waals surface area contributed by atoms with Crippen molar-refractivity contribution in [3.8, 4) is 5.75 Å². The van der Waals surface area contributed by atoms with E-state index in [9.17, 15) is 31.0 Å². The third-order valence-electron chi connectivity index (χ3n) is 7.50. The standard InChI is InChI=1S/C22H16N4O7S2.C15H17N3/c27-19-11-6-14-12-18(34(28,29)30)13-20(35(31,32)33)21(14)22(19)26-25-17-9-7-16(8-10-17)24-23-15-4-2-1-3-5-15;1-11-7-3-5-9-13(11)17-15(16)18-14-10-6-4-8-12(14)2/h1-13,27H,(H,28,29,30)(H,31,32,33);3-10H,1-2H3,(H3,16,17,18). The van der Waals surface area contributed by atoms with Crippen LogP contribution in [0.5, 0.6) is 5.75 Å². The lowest BCUT2D eigenvalue weighted by Crippen LogP contribution is -2.22. The Labute approximate surface area is 305 Å². The first-order valence-electron chi connectivity index (χ1n) is 15.6. The Kier molecular flexibility index (Phi) is 11.7. The number of nitrogens with zero attached hydrogens (tertiary/aromatic N) is 5. The predicted octanol–water partition coefficient (Wildman–Crippen LogP) is 9.23. The molecule has 0 saturated heterocycles. The van der Waals surface area contributed by atoms with Crippen molar-refractivity contribution in [3.05, 3.63) is 139 Å². The van der Waals surface area contributed by atoms with Crippen molar-refractivity contribution in [2.45, 2.75) is 23.6 Å². The molecule has 14 nitrogen and oxygen atoms in total. The van der Waals surface area contributed by atoms with Crippen LogP contribution in [0.1, 0.15) is 11.1 Å². The molecule has 270 valence electrons. The number of nitrogens with one attached hydrogen (secondary N) is 1. The average molecular weight is 752 g/mol. The Balaban J connectivity index is 0.000000252. The van der Waals surface area contributed by atoms with Gasteiger partial charge in [-0.1, -0.05) is 60.7 Å². The highest BCUT2D eigenvalue weighted by Gasteiger charge is 2.24. The number of benzene rings is 6. The number of hydrogen-bond donors (Lipinski definition) is 5. The number of phenolic OH excluding ortho intramolecular Hbond substituents is 1. The minimum Gasteiger partial charge on any atom is -0.506 e. The molecule has 0 unspecified atom stereocenters. The van der Waals surface area contributed by atoms with Crippen LogP contribution in [0.25, 0.3) is 10.8 Å². The molecule has 0 spiro atoms. The van der Waals surface area contributed by atoms with Crippen molar-refractivity contribution in [3.63, 3.8) is 0 Å². The van der Waals surface area contributed by atoms with Crippen molar-refractivity contribution in [2.24, 2.45) is 31.2 Å². The van der Waals surface area contributed by atoms with Gasteiger partial charge in [0.2, 0.25) is 0 Å². The summed E-state index contributed by atoms with van der Waals surface area (Å²) >= 11 is 0. The molecule has 0 fully saturated rings. The van der Waals surface area contributed by atoms with Gasteiger partial charge in [0.25, 0.3) is 20.2 Å². The van der Waals surface area contributed by atoms with Gasteiger partial charge in [0, 0.05) is 11.1 Å².